The van der Waals surface area contributed by atoms with Crippen LogP contribution in [0.3, 0.4) is 0 Å². The van der Waals surface area contributed by atoms with E-state index < -0.39 is 10.9 Å². The molecule has 2 rings (SSSR count). The Labute approximate surface area is 162 Å². The van der Waals surface area contributed by atoms with Crippen molar-refractivity contribution >= 4 is 39.6 Å². The molecule has 27 heavy (non-hydrogen) atoms. The lowest BCUT2D eigenvalue weighted by Crippen LogP contribution is -2.13. The van der Waals surface area contributed by atoms with Gasteiger partial charge in [-0.3, -0.25) is 15.5 Å². The fourth-order valence-electron chi connectivity index (χ4n) is 1.88. The van der Waals surface area contributed by atoms with Gasteiger partial charge in [-0.25, -0.2) is 9.78 Å². The van der Waals surface area contributed by atoms with E-state index in [1.807, 2.05) is 0 Å². The molecule has 0 radical (unpaired) electrons. The van der Waals surface area contributed by atoms with Gasteiger partial charge in [-0.15, -0.1) is 0 Å². The smallest absolute Gasteiger partial charge is 0.343 e. The van der Waals surface area contributed by atoms with Gasteiger partial charge in [0.15, 0.2) is 18.1 Å². The predicted octanol–water partition coefficient (Wildman–Crippen LogP) is 2.76. The highest BCUT2D eigenvalue weighted by Gasteiger charge is 2.13. The highest BCUT2D eigenvalue weighted by atomic mass is 79.9. The fraction of sp³-hybridized carbons (Fsp3) is 0.188. The molecule has 1 aromatic heterocycles. The Kier molecular flexibility index (Phi) is 7.06. The normalized spacial score (nSPS) is 10.5. The van der Waals surface area contributed by atoms with E-state index in [1.165, 1.54) is 32.6 Å². The van der Waals surface area contributed by atoms with Gasteiger partial charge in [0.2, 0.25) is 0 Å². The molecule has 0 aliphatic carbocycles. The number of anilines is 1. The number of halogens is 1. The summed E-state index contributed by atoms with van der Waals surface area (Å²) in [6.45, 7) is -0.258. The Morgan fingerprint density at radius 3 is 2.78 bits per heavy atom. The number of nitrogens with zero attached hydrogens (tertiary/aromatic N) is 3. The number of hydrogen-bond donors (Lipinski definition) is 1. The molecule has 0 amide bonds. The number of ether oxygens (including phenoxy) is 3. The minimum atomic E-state index is -0.534. The highest BCUT2D eigenvalue weighted by molar-refractivity contribution is 9.10. The van der Waals surface area contributed by atoms with Crippen LogP contribution in [0.1, 0.15) is 5.56 Å². The Hall–Kier alpha value is -3.21. The van der Waals surface area contributed by atoms with E-state index in [0.717, 1.165) is 6.20 Å². The van der Waals surface area contributed by atoms with E-state index in [2.05, 4.69) is 36.2 Å². The molecule has 1 heterocycles. The first-order valence-electron chi connectivity index (χ1n) is 7.41. The summed E-state index contributed by atoms with van der Waals surface area (Å²) in [4.78, 5) is 25.2. The maximum atomic E-state index is 11.2. The first kappa shape index (κ1) is 20.1. The number of aromatic nitrogens is 1. The number of hydrogen-bond acceptors (Lipinski definition) is 9. The van der Waals surface area contributed by atoms with E-state index in [0.29, 0.717) is 27.4 Å². The zero-order valence-electron chi connectivity index (χ0n) is 14.3. The SMILES string of the molecule is COC(=O)COc1c(Br)cc(/C=N/Nc2ccc([N+](=O)[O-])cn2)cc1OC. The molecule has 0 fully saturated rings. The van der Waals surface area contributed by atoms with Crippen molar-refractivity contribution in [3.8, 4) is 11.5 Å². The summed E-state index contributed by atoms with van der Waals surface area (Å²) >= 11 is 3.35. The molecule has 1 aromatic carbocycles. The second-order valence-corrected chi connectivity index (χ2v) is 5.78. The van der Waals surface area contributed by atoms with Crippen molar-refractivity contribution in [1.29, 1.82) is 0 Å². The maximum absolute atomic E-state index is 11.2. The van der Waals surface area contributed by atoms with E-state index in [4.69, 9.17) is 9.47 Å². The number of benzene rings is 1. The van der Waals surface area contributed by atoms with Gasteiger partial charge in [0.1, 0.15) is 12.0 Å². The topological polar surface area (TPSA) is 125 Å². The number of hydrazone groups is 1. The molecule has 0 aliphatic rings. The van der Waals surface area contributed by atoms with Crippen LogP contribution in [-0.4, -0.2) is 42.9 Å². The fourth-order valence-corrected chi connectivity index (χ4v) is 2.45. The van der Waals surface area contributed by atoms with Crippen molar-refractivity contribution in [1.82, 2.24) is 4.98 Å². The van der Waals surface area contributed by atoms with Crippen LogP contribution >= 0.6 is 15.9 Å². The third-order valence-electron chi connectivity index (χ3n) is 3.17. The average molecular weight is 439 g/mol. The summed E-state index contributed by atoms with van der Waals surface area (Å²) in [5, 5.41) is 14.6. The molecule has 0 atom stereocenters. The summed E-state index contributed by atoms with van der Waals surface area (Å²) in [6, 6.07) is 6.13. The van der Waals surface area contributed by atoms with Crippen molar-refractivity contribution in [2.45, 2.75) is 0 Å². The van der Waals surface area contributed by atoms with Gasteiger partial charge in [0.05, 0.1) is 29.8 Å². The number of nitro groups is 1. The van der Waals surface area contributed by atoms with Gasteiger partial charge in [-0.05, 0) is 39.7 Å². The summed E-state index contributed by atoms with van der Waals surface area (Å²) in [6.07, 6.45) is 2.63. The Morgan fingerprint density at radius 2 is 2.19 bits per heavy atom. The van der Waals surface area contributed by atoms with E-state index in [9.17, 15) is 14.9 Å². The van der Waals surface area contributed by atoms with Crippen molar-refractivity contribution in [3.05, 3.63) is 50.6 Å². The number of esters is 1. The molecule has 0 unspecified atom stereocenters. The molecular formula is C16H15BrN4O6. The van der Waals surface area contributed by atoms with Gasteiger partial charge in [0.25, 0.3) is 5.69 Å². The molecule has 0 spiro atoms. The lowest BCUT2D eigenvalue weighted by Gasteiger charge is -2.12. The number of nitrogens with one attached hydrogen (secondary N) is 1. The van der Waals surface area contributed by atoms with Crippen LogP contribution in [0.5, 0.6) is 11.5 Å². The molecule has 0 saturated heterocycles. The summed E-state index contributed by atoms with van der Waals surface area (Å²) in [7, 11) is 2.73. The first-order chi connectivity index (χ1) is 12.9. The second-order valence-electron chi connectivity index (χ2n) is 4.93. The van der Waals surface area contributed by atoms with Gasteiger partial charge < -0.3 is 14.2 Å². The number of methoxy groups -OCH3 is 2. The first-order valence-corrected chi connectivity index (χ1v) is 8.20. The standard InChI is InChI=1S/C16H15BrN4O6/c1-25-13-6-10(5-12(17)16(13)27-9-15(22)26-2)7-19-20-14-4-3-11(8-18-14)21(23)24/h3-8H,9H2,1-2H3,(H,18,20)/b19-7+. The van der Waals surface area contributed by atoms with Crippen molar-refractivity contribution in [2.75, 3.05) is 26.3 Å². The average Bonchev–Trinajstić information content (AvgIpc) is 2.66. The Morgan fingerprint density at radius 1 is 1.41 bits per heavy atom. The molecule has 11 heteroatoms. The van der Waals surface area contributed by atoms with Crippen LogP contribution in [0, 0.1) is 10.1 Å². The predicted molar refractivity (Wildman–Crippen MR) is 100 cm³/mol. The minimum absolute atomic E-state index is 0.110. The minimum Gasteiger partial charge on any atom is -0.493 e. The van der Waals surface area contributed by atoms with Crippen LogP contribution in [0.2, 0.25) is 0 Å². The Bertz CT molecular complexity index is 857. The van der Waals surface area contributed by atoms with Crippen LogP contribution < -0.4 is 14.9 Å². The van der Waals surface area contributed by atoms with E-state index in [-0.39, 0.29) is 12.3 Å². The van der Waals surface area contributed by atoms with Gasteiger partial charge in [-0.1, -0.05) is 0 Å². The molecule has 0 aliphatic heterocycles. The zero-order valence-corrected chi connectivity index (χ0v) is 15.9. The molecular weight excluding hydrogens is 424 g/mol. The van der Waals surface area contributed by atoms with E-state index >= 15 is 0 Å². The number of carbonyl (C=O) groups excluding carboxylic acids is 1. The summed E-state index contributed by atoms with van der Waals surface area (Å²) < 4.78 is 15.8. The number of carbonyl (C=O) groups is 1. The van der Waals surface area contributed by atoms with Gasteiger partial charge >= 0.3 is 5.97 Å². The number of rotatable bonds is 8. The molecule has 1 N–H and O–H groups in total. The van der Waals surface area contributed by atoms with Gasteiger partial charge in [-0.2, -0.15) is 5.10 Å². The molecule has 0 bridgehead atoms. The zero-order chi connectivity index (χ0) is 19.8. The lowest BCUT2D eigenvalue weighted by atomic mass is 10.2. The highest BCUT2D eigenvalue weighted by Crippen LogP contribution is 2.36. The Balaban J connectivity index is 2.09. The number of pyridine rings is 1. The largest absolute Gasteiger partial charge is 0.493 e. The van der Waals surface area contributed by atoms with Crippen LogP contribution in [0.4, 0.5) is 11.5 Å². The third kappa shape index (κ3) is 5.64. The monoisotopic (exact) mass is 438 g/mol. The molecule has 142 valence electrons. The summed E-state index contributed by atoms with van der Waals surface area (Å²) in [5.41, 5.74) is 3.22. The van der Waals surface area contributed by atoms with Crippen LogP contribution in [0.15, 0.2) is 40.0 Å². The van der Waals surface area contributed by atoms with Gasteiger partial charge in [0, 0.05) is 6.07 Å². The van der Waals surface area contributed by atoms with Crippen LogP contribution in [-0.2, 0) is 9.53 Å². The molecule has 2 aromatic rings. The quantitative estimate of drug-likeness (QED) is 0.288. The molecule has 0 saturated carbocycles. The second kappa shape index (κ2) is 9.48. The lowest BCUT2D eigenvalue weighted by molar-refractivity contribution is -0.385. The van der Waals surface area contributed by atoms with E-state index in [1.54, 1.807) is 12.1 Å². The van der Waals surface area contributed by atoms with Crippen LogP contribution in [0.25, 0.3) is 0 Å². The third-order valence-corrected chi connectivity index (χ3v) is 3.75. The van der Waals surface area contributed by atoms with Crippen molar-refractivity contribution < 1.29 is 23.9 Å². The molecule has 10 nitrogen and oxygen atoms in total. The van der Waals surface area contributed by atoms with Crippen molar-refractivity contribution in [3.63, 3.8) is 0 Å². The maximum Gasteiger partial charge on any atom is 0.343 e. The van der Waals surface area contributed by atoms with Crippen molar-refractivity contribution in [2.24, 2.45) is 5.10 Å². The summed E-state index contributed by atoms with van der Waals surface area (Å²) in [5.74, 6) is 0.573.